The molecule has 2 atom stereocenters. The molecule has 2 fully saturated rings. The lowest BCUT2D eigenvalue weighted by Crippen LogP contribution is -2.51. The molecule has 2 aliphatic heterocycles. The molecule has 1 aromatic carbocycles. The molecular formula is C17H18F4N2O4. The summed E-state index contributed by atoms with van der Waals surface area (Å²) >= 11 is 0. The van der Waals surface area contributed by atoms with E-state index in [1.54, 1.807) is 0 Å². The van der Waals surface area contributed by atoms with Crippen molar-refractivity contribution >= 4 is 11.8 Å². The number of nitrogens with zero attached hydrogens (tertiary/aromatic N) is 2. The summed E-state index contributed by atoms with van der Waals surface area (Å²) < 4.78 is 59.5. The van der Waals surface area contributed by atoms with Crippen LogP contribution in [0.15, 0.2) is 24.3 Å². The van der Waals surface area contributed by atoms with Crippen LogP contribution in [0.25, 0.3) is 0 Å². The van der Waals surface area contributed by atoms with Gasteiger partial charge in [0.25, 0.3) is 5.91 Å². The smallest absolute Gasteiger partial charge is 0.406 e. The monoisotopic (exact) mass is 390 g/mol. The number of benzene rings is 1. The van der Waals surface area contributed by atoms with Gasteiger partial charge in [0, 0.05) is 25.1 Å². The summed E-state index contributed by atoms with van der Waals surface area (Å²) in [5.74, 6) is -1.42. The third kappa shape index (κ3) is 4.68. The second-order valence-corrected chi connectivity index (χ2v) is 6.32. The van der Waals surface area contributed by atoms with Gasteiger partial charge in [0.1, 0.15) is 18.0 Å². The number of carbonyl (C=O) groups excluding carboxylic acids is 2. The molecule has 2 aliphatic rings. The normalized spacial score (nSPS) is 23.4. The molecule has 0 radical (unpaired) electrons. The number of ether oxygens (including phenoxy) is 2. The summed E-state index contributed by atoms with van der Waals surface area (Å²) in [5, 5.41) is 0. The van der Waals surface area contributed by atoms with E-state index in [0.29, 0.717) is 26.3 Å². The lowest BCUT2D eigenvalue weighted by atomic mass is 10.1. The van der Waals surface area contributed by atoms with E-state index < -0.39 is 30.2 Å². The Kier molecular flexibility index (Phi) is 5.54. The Bertz CT molecular complexity index is 689. The number of alkyl halides is 4. The van der Waals surface area contributed by atoms with Crippen molar-refractivity contribution in [1.29, 1.82) is 0 Å². The standard InChI is InChI=1S/C17H18F4N2O4/c18-12-9-14(16(25)22-5-7-26-8-6-22)23(10-12)15(24)11-1-3-13(4-2-11)27-17(19,20)21/h1-4,12,14H,5-10H2/t12-,14-/m0/s1. The molecule has 148 valence electrons. The first kappa shape index (κ1) is 19.4. The van der Waals surface area contributed by atoms with Crippen LogP contribution in [0.5, 0.6) is 5.75 Å². The Morgan fingerprint density at radius 1 is 1.11 bits per heavy atom. The molecule has 0 unspecified atom stereocenters. The Balaban J connectivity index is 1.72. The lowest BCUT2D eigenvalue weighted by Gasteiger charge is -2.32. The molecule has 2 saturated heterocycles. The maximum absolute atomic E-state index is 13.9. The molecule has 27 heavy (non-hydrogen) atoms. The zero-order valence-electron chi connectivity index (χ0n) is 14.2. The minimum Gasteiger partial charge on any atom is -0.406 e. The van der Waals surface area contributed by atoms with Crippen molar-refractivity contribution in [2.45, 2.75) is 25.0 Å². The molecule has 0 bridgehead atoms. The van der Waals surface area contributed by atoms with Crippen LogP contribution < -0.4 is 4.74 Å². The fraction of sp³-hybridized carbons (Fsp3) is 0.529. The molecule has 3 rings (SSSR count). The molecule has 2 heterocycles. The van der Waals surface area contributed by atoms with Gasteiger partial charge in [-0.15, -0.1) is 13.2 Å². The highest BCUT2D eigenvalue weighted by molar-refractivity contribution is 5.98. The van der Waals surface area contributed by atoms with Crippen molar-refractivity contribution in [1.82, 2.24) is 9.80 Å². The van der Waals surface area contributed by atoms with Crippen LogP contribution in [0, 0.1) is 0 Å². The van der Waals surface area contributed by atoms with Gasteiger partial charge in [0.15, 0.2) is 0 Å². The van der Waals surface area contributed by atoms with Gasteiger partial charge in [-0.2, -0.15) is 0 Å². The van der Waals surface area contributed by atoms with E-state index in [1.165, 1.54) is 4.90 Å². The van der Waals surface area contributed by atoms with E-state index in [0.717, 1.165) is 29.2 Å². The molecule has 1 aromatic rings. The minimum atomic E-state index is -4.84. The van der Waals surface area contributed by atoms with Crippen molar-refractivity contribution < 1.29 is 36.6 Å². The molecule has 0 spiro atoms. The highest BCUT2D eigenvalue weighted by atomic mass is 19.4. The van der Waals surface area contributed by atoms with Crippen molar-refractivity contribution in [3.63, 3.8) is 0 Å². The van der Waals surface area contributed by atoms with E-state index in [4.69, 9.17) is 4.74 Å². The van der Waals surface area contributed by atoms with Crippen LogP contribution in [0.1, 0.15) is 16.8 Å². The number of carbonyl (C=O) groups is 2. The number of likely N-dealkylation sites (tertiary alicyclic amines) is 1. The van der Waals surface area contributed by atoms with E-state index >= 15 is 0 Å². The Morgan fingerprint density at radius 3 is 2.33 bits per heavy atom. The first-order valence-electron chi connectivity index (χ1n) is 8.42. The first-order chi connectivity index (χ1) is 12.7. The zero-order valence-corrected chi connectivity index (χ0v) is 14.2. The number of amides is 2. The second-order valence-electron chi connectivity index (χ2n) is 6.32. The summed E-state index contributed by atoms with van der Waals surface area (Å²) in [6.07, 6.45) is -6.27. The van der Waals surface area contributed by atoms with Crippen LogP contribution in [0.3, 0.4) is 0 Å². The summed E-state index contributed by atoms with van der Waals surface area (Å²) in [7, 11) is 0. The number of hydrogen-bond donors (Lipinski definition) is 0. The van der Waals surface area contributed by atoms with Crippen LogP contribution in [0.2, 0.25) is 0 Å². The van der Waals surface area contributed by atoms with Gasteiger partial charge in [0.2, 0.25) is 5.91 Å². The van der Waals surface area contributed by atoms with Crippen molar-refractivity contribution in [2.24, 2.45) is 0 Å². The third-order valence-corrected chi connectivity index (χ3v) is 4.45. The number of rotatable bonds is 3. The summed E-state index contributed by atoms with van der Waals surface area (Å²) in [5.41, 5.74) is 0.0541. The highest BCUT2D eigenvalue weighted by Crippen LogP contribution is 2.27. The molecule has 2 amide bonds. The largest absolute Gasteiger partial charge is 0.573 e. The van der Waals surface area contributed by atoms with Gasteiger partial charge >= 0.3 is 6.36 Å². The van der Waals surface area contributed by atoms with Gasteiger partial charge in [-0.25, -0.2) is 4.39 Å². The lowest BCUT2D eigenvalue weighted by molar-refractivity contribution is -0.274. The maximum Gasteiger partial charge on any atom is 0.573 e. The Morgan fingerprint density at radius 2 is 1.74 bits per heavy atom. The molecule has 6 nitrogen and oxygen atoms in total. The summed E-state index contributed by atoms with van der Waals surface area (Å²) in [6.45, 7) is 1.27. The fourth-order valence-corrected chi connectivity index (χ4v) is 3.20. The Labute approximate surface area is 152 Å². The molecule has 10 heteroatoms. The maximum atomic E-state index is 13.9. The third-order valence-electron chi connectivity index (χ3n) is 4.45. The average Bonchev–Trinajstić information content (AvgIpc) is 3.02. The first-order valence-corrected chi connectivity index (χ1v) is 8.42. The van der Waals surface area contributed by atoms with Crippen LogP contribution in [-0.2, 0) is 9.53 Å². The second kappa shape index (κ2) is 7.71. The van der Waals surface area contributed by atoms with Crippen molar-refractivity contribution in [3.05, 3.63) is 29.8 Å². The van der Waals surface area contributed by atoms with Gasteiger partial charge < -0.3 is 19.3 Å². The molecule has 0 saturated carbocycles. The summed E-state index contributed by atoms with van der Waals surface area (Å²) in [4.78, 5) is 28.0. The number of hydrogen-bond acceptors (Lipinski definition) is 4. The van der Waals surface area contributed by atoms with Gasteiger partial charge in [-0.05, 0) is 24.3 Å². The van der Waals surface area contributed by atoms with Gasteiger partial charge in [-0.1, -0.05) is 0 Å². The minimum absolute atomic E-state index is 0.0541. The average molecular weight is 390 g/mol. The predicted octanol–water partition coefficient (Wildman–Crippen LogP) is 2.00. The highest BCUT2D eigenvalue weighted by Gasteiger charge is 2.42. The molecular weight excluding hydrogens is 372 g/mol. The van der Waals surface area contributed by atoms with Crippen LogP contribution in [0.4, 0.5) is 17.6 Å². The SMILES string of the molecule is O=C([C@@H]1C[C@H](F)CN1C(=O)c1ccc(OC(F)(F)F)cc1)N1CCOCC1. The van der Waals surface area contributed by atoms with Crippen LogP contribution >= 0.6 is 0 Å². The van der Waals surface area contributed by atoms with E-state index in [9.17, 15) is 27.2 Å². The summed E-state index contributed by atoms with van der Waals surface area (Å²) in [6, 6.07) is 3.39. The fourth-order valence-electron chi connectivity index (χ4n) is 3.20. The van der Waals surface area contributed by atoms with E-state index in [1.807, 2.05) is 0 Å². The van der Waals surface area contributed by atoms with Gasteiger partial charge in [0.05, 0.1) is 19.8 Å². The Hall–Kier alpha value is -2.36. The van der Waals surface area contributed by atoms with Crippen molar-refractivity contribution in [3.8, 4) is 5.75 Å². The van der Waals surface area contributed by atoms with Crippen LogP contribution in [-0.4, -0.2) is 73.0 Å². The number of halogens is 4. The van der Waals surface area contributed by atoms with E-state index in [-0.39, 0.29) is 24.4 Å². The number of morpholine rings is 1. The molecule has 0 aliphatic carbocycles. The molecule has 0 aromatic heterocycles. The van der Waals surface area contributed by atoms with Crippen molar-refractivity contribution in [2.75, 3.05) is 32.8 Å². The zero-order chi connectivity index (χ0) is 19.6. The van der Waals surface area contributed by atoms with Gasteiger partial charge in [-0.3, -0.25) is 9.59 Å². The molecule has 0 N–H and O–H groups in total. The van der Waals surface area contributed by atoms with E-state index in [2.05, 4.69) is 4.74 Å². The quantitative estimate of drug-likeness (QED) is 0.741. The topological polar surface area (TPSA) is 59.1 Å². The predicted molar refractivity (Wildman–Crippen MR) is 84.9 cm³/mol.